The summed E-state index contributed by atoms with van der Waals surface area (Å²) in [6, 6.07) is 39.0. The molecule has 1 aromatic heterocycles. The highest BCUT2D eigenvalue weighted by Crippen LogP contribution is 2.38. The number of carbonyl (C=O) groups excluding carboxylic acids is 1. The van der Waals surface area contributed by atoms with Crippen LogP contribution >= 0.6 is 11.8 Å². The Morgan fingerprint density at radius 1 is 0.738 bits per heavy atom. The molecule has 0 aliphatic rings. The van der Waals surface area contributed by atoms with E-state index in [9.17, 15) is 14.7 Å². The van der Waals surface area contributed by atoms with Crippen LogP contribution in [0.2, 0.25) is 0 Å². The molecule has 6 aromatic rings. The van der Waals surface area contributed by atoms with Gasteiger partial charge < -0.3 is 15.4 Å². The number of rotatable bonds is 8. The Bertz CT molecular complexity index is 1860. The summed E-state index contributed by atoms with van der Waals surface area (Å²) in [6.07, 6.45) is 1.96. The molecule has 1 atom stereocenters. The highest BCUT2D eigenvalue weighted by Gasteiger charge is 2.20. The number of H-pyrrole nitrogens is 1. The Hall–Kier alpha value is -5.07. The molecule has 0 aliphatic carbocycles. The lowest BCUT2D eigenvalue weighted by Gasteiger charge is -2.16. The first-order chi connectivity index (χ1) is 20.5. The maximum Gasteiger partial charge on any atom is 0.335 e. The van der Waals surface area contributed by atoms with Gasteiger partial charge in [0.1, 0.15) is 0 Å². The molecule has 0 saturated heterocycles. The van der Waals surface area contributed by atoms with Crippen molar-refractivity contribution in [2.24, 2.45) is 0 Å². The lowest BCUT2D eigenvalue weighted by atomic mass is 9.99. The molecule has 1 amide bonds. The van der Waals surface area contributed by atoms with Crippen LogP contribution in [0.3, 0.4) is 0 Å². The second-order valence-electron chi connectivity index (χ2n) is 10.1. The first-order valence-corrected chi connectivity index (χ1v) is 14.5. The highest BCUT2D eigenvalue weighted by atomic mass is 32.2. The molecular weight excluding hydrogens is 540 g/mol. The number of fused-ring (bicyclic) bond motifs is 1. The minimum atomic E-state index is -0.981. The third-order valence-corrected chi connectivity index (χ3v) is 8.34. The smallest absolute Gasteiger partial charge is 0.335 e. The van der Waals surface area contributed by atoms with Gasteiger partial charge in [-0.3, -0.25) is 4.79 Å². The molecule has 0 fully saturated rings. The number of carboxylic acids is 1. The molecule has 206 valence electrons. The lowest BCUT2D eigenvalue weighted by molar-refractivity contribution is 0.0696. The van der Waals surface area contributed by atoms with Gasteiger partial charge in [-0.15, -0.1) is 0 Å². The zero-order valence-electron chi connectivity index (χ0n) is 22.9. The Labute approximate surface area is 248 Å². The van der Waals surface area contributed by atoms with Crippen molar-refractivity contribution in [2.75, 3.05) is 0 Å². The van der Waals surface area contributed by atoms with Crippen LogP contribution in [-0.2, 0) is 0 Å². The second kappa shape index (κ2) is 11.8. The number of carboxylic acid groups (broad SMARTS) is 1. The molecule has 0 radical (unpaired) electrons. The zero-order chi connectivity index (χ0) is 29.1. The molecule has 5 aromatic carbocycles. The number of aromatic amines is 1. The molecule has 0 aliphatic heterocycles. The fourth-order valence-corrected chi connectivity index (χ4v) is 6.00. The predicted molar refractivity (Wildman–Crippen MR) is 169 cm³/mol. The van der Waals surface area contributed by atoms with E-state index < -0.39 is 5.97 Å². The molecule has 6 heteroatoms. The summed E-state index contributed by atoms with van der Waals surface area (Å²) in [6.45, 7) is 1.90. The SMILES string of the molecule is C[C@H](NC(=O)c1cc(-c2ccccc2)cc2[nH]cc(Sc3ccc(-c4ccccc4)cc3)c12)c1ccc(C(=O)O)cc1. The van der Waals surface area contributed by atoms with Crippen molar-refractivity contribution in [3.05, 3.63) is 144 Å². The van der Waals surface area contributed by atoms with Gasteiger partial charge in [0.25, 0.3) is 5.91 Å². The van der Waals surface area contributed by atoms with E-state index in [1.165, 1.54) is 5.56 Å². The Balaban J connectivity index is 1.34. The molecule has 0 spiro atoms. The van der Waals surface area contributed by atoms with E-state index >= 15 is 0 Å². The number of benzene rings is 5. The summed E-state index contributed by atoms with van der Waals surface area (Å²) >= 11 is 1.61. The van der Waals surface area contributed by atoms with Crippen LogP contribution in [-0.4, -0.2) is 22.0 Å². The first-order valence-electron chi connectivity index (χ1n) is 13.6. The molecule has 6 rings (SSSR count). The van der Waals surface area contributed by atoms with Crippen molar-refractivity contribution in [3.8, 4) is 22.3 Å². The number of hydrogen-bond donors (Lipinski definition) is 3. The molecule has 0 bridgehead atoms. The van der Waals surface area contributed by atoms with Crippen molar-refractivity contribution in [2.45, 2.75) is 22.8 Å². The summed E-state index contributed by atoms with van der Waals surface area (Å²) < 4.78 is 0. The monoisotopic (exact) mass is 568 g/mol. The van der Waals surface area contributed by atoms with Gasteiger partial charge in [-0.2, -0.15) is 0 Å². The van der Waals surface area contributed by atoms with Gasteiger partial charge in [0, 0.05) is 26.9 Å². The van der Waals surface area contributed by atoms with Crippen LogP contribution in [0.4, 0.5) is 0 Å². The van der Waals surface area contributed by atoms with Crippen LogP contribution in [0.5, 0.6) is 0 Å². The van der Waals surface area contributed by atoms with E-state index in [-0.39, 0.29) is 17.5 Å². The minimum absolute atomic E-state index is 0.200. The van der Waals surface area contributed by atoms with Gasteiger partial charge in [0.2, 0.25) is 0 Å². The summed E-state index contributed by atoms with van der Waals surface area (Å²) in [5.74, 6) is -1.18. The molecule has 42 heavy (non-hydrogen) atoms. The van der Waals surface area contributed by atoms with Crippen molar-refractivity contribution in [1.29, 1.82) is 0 Å². The Morgan fingerprint density at radius 2 is 1.33 bits per heavy atom. The van der Waals surface area contributed by atoms with E-state index in [1.807, 2.05) is 67.7 Å². The van der Waals surface area contributed by atoms with Crippen LogP contribution < -0.4 is 5.32 Å². The second-order valence-corrected chi connectivity index (χ2v) is 11.2. The minimum Gasteiger partial charge on any atom is -0.478 e. The van der Waals surface area contributed by atoms with Crippen molar-refractivity contribution >= 4 is 34.5 Å². The Morgan fingerprint density at radius 3 is 1.95 bits per heavy atom. The molecule has 3 N–H and O–H groups in total. The quantitative estimate of drug-likeness (QED) is 0.171. The highest BCUT2D eigenvalue weighted by molar-refractivity contribution is 7.99. The number of nitrogens with one attached hydrogen (secondary N) is 2. The molecule has 1 heterocycles. The molecular formula is C36H28N2O3S. The standard InChI is InChI=1S/C36H28N2O3S/c1-23(24-12-14-28(15-13-24)36(40)41)38-35(39)31-20-29(26-10-6-3-7-11-26)21-32-34(31)33(22-37-32)42-30-18-16-27(17-19-30)25-8-4-2-5-9-25/h2-23,37H,1H3,(H,38,39)(H,40,41)/t23-/m0/s1. The largest absolute Gasteiger partial charge is 0.478 e. The van der Waals surface area contributed by atoms with Gasteiger partial charge >= 0.3 is 5.97 Å². The third kappa shape index (κ3) is 5.71. The van der Waals surface area contributed by atoms with E-state index in [2.05, 4.69) is 52.8 Å². The number of carbonyl (C=O) groups is 2. The van der Waals surface area contributed by atoms with Gasteiger partial charge in [0.05, 0.1) is 17.2 Å². The number of hydrogen-bond acceptors (Lipinski definition) is 3. The molecule has 5 nitrogen and oxygen atoms in total. The van der Waals surface area contributed by atoms with E-state index in [0.29, 0.717) is 5.56 Å². The van der Waals surface area contributed by atoms with Crippen LogP contribution in [0.15, 0.2) is 137 Å². The maximum absolute atomic E-state index is 13.9. The van der Waals surface area contributed by atoms with Crippen LogP contribution in [0.1, 0.15) is 39.2 Å². The van der Waals surface area contributed by atoms with Crippen molar-refractivity contribution in [1.82, 2.24) is 10.3 Å². The first kappa shape index (κ1) is 27.1. The van der Waals surface area contributed by atoms with Gasteiger partial charge in [-0.25, -0.2) is 4.79 Å². The van der Waals surface area contributed by atoms with Gasteiger partial charge in [0.15, 0.2) is 0 Å². The van der Waals surface area contributed by atoms with Gasteiger partial charge in [-0.1, -0.05) is 96.7 Å². The van der Waals surface area contributed by atoms with Crippen LogP contribution in [0.25, 0.3) is 33.2 Å². The predicted octanol–water partition coefficient (Wildman–Crippen LogP) is 8.84. The average Bonchev–Trinajstić information content (AvgIpc) is 3.44. The van der Waals surface area contributed by atoms with Crippen molar-refractivity contribution < 1.29 is 14.7 Å². The number of amides is 1. The summed E-state index contributed by atoms with van der Waals surface area (Å²) in [5, 5.41) is 13.2. The fraction of sp³-hybridized carbons (Fsp3) is 0.0556. The topological polar surface area (TPSA) is 82.2 Å². The summed E-state index contributed by atoms with van der Waals surface area (Å²) in [7, 11) is 0. The summed E-state index contributed by atoms with van der Waals surface area (Å²) in [5.41, 5.74) is 6.76. The van der Waals surface area contributed by atoms with E-state index in [0.717, 1.165) is 42.9 Å². The zero-order valence-corrected chi connectivity index (χ0v) is 23.7. The Kier molecular flexibility index (Phi) is 7.62. The average molecular weight is 569 g/mol. The van der Waals surface area contributed by atoms with E-state index in [1.54, 1.807) is 36.0 Å². The molecule has 0 unspecified atom stereocenters. The summed E-state index contributed by atoms with van der Waals surface area (Å²) in [4.78, 5) is 30.6. The normalized spacial score (nSPS) is 11.7. The number of aromatic carboxylic acids is 1. The fourth-order valence-electron chi connectivity index (χ4n) is 5.04. The molecule has 0 saturated carbocycles. The lowest BCUT2D eigenvalue weighted by Crippen LogP contribution is -2.27. The van der Waals surface area contributed by atoms with Gasteiger partial charge in [-0.05, 0) is 71.1 Å². The third-order valence-electron chi connectivity index (χ3n) is 7.29. The van der Waals surface area contributed by atoms with E-state index in [4.69, 9.17) is 0 Å². The number of aromatic nitrogens is 1. The van der Waals surface area contributed by atoms with Crippen LogP contribution in [0, 0.1) is 0 Å². The van der Waals surface area contributed by atoms with Crippen molar-refractivity contribution in [3.63, 3.8) is 0 Å². The maximum atomic E-state index is 13.9.